The molecule has 1 amide bonds. The number of methoxy groups -OCH3 is 2. The van der Waals surface area contributed by atoms with E-state index in [9.17, 15) is 4.79 Å². The molecule has 2 saturated heterocycles. The number of halogens is 2. The number of carbonyl (C=O) groups is 1. The average Bonchev–Trinajstić information content (AvgIpc) is 3.77. The zero-order valence-corrected chi connectivity index (χ0v) is 29.4. The van der Waals surface area contributed by atoms with Gasteiger partial charge in [0.2, 0.25) is 17.7 Å². The van der Waals surface area contributed by atoms with E-state index < -0.39 is 0 Å². The van der Waals surface area contributed by atoms with Crippen LogP contribution in [0.5, 0.6) is 11.8 Å². The number of nitrogens with one attached hydrogen (secondary N) is 3. The van der Waals surface area contributed by atoms with Crippen LogP contribution in [0.25, 0.3) is 33.6 Å². The molecule has 13 heteroatoms. The summed E-state index contributed by atoms with van der Waals surface area (Å²) in [6.07, 6.45) is 7.20. The normalized spacial score (nSPS) is 17.6. The second-order valence-corrected chi connectivity index (χ2v) is 12.9. The van der Waals surface area contributed by atoms with Crippen molar-refractivity contribution in [2.24, 2.45) is 0 Å². The Hall–Kier alpha value is -4.29. The van der Waals surface area contributed by atoms with E-state index in [1.807, 2.05) is 36.4 Å². The standard InChI is InChI=1S/C36H40Cl2N8O3/c1-21-13-14-22(43-21)16-40-17-29-35(48-3)44-27(18-41-29)25-10-5-8-23(32(25)37)24-9-6-11-26(33(24)38)28-19-42-30(36(45-28)49-4)20-46-15-7-12-31(46)34(47)39-2/h5-6,8-11,18-19,22,31,40,43H,1,7,12-17,20H2,2-4H3,(H,39,47)/t22-,31+/m0/s1. The van der Waals surface area contributed by atoms with E-state index in [0.29, 0.717) is 74.8 Å². The van der Waals surface area contributed by atoms with Crippen molar-refractivity contribution >= 4 is 29.1 Å². The van der Waals surface area contributed by atoms with Crippen molar-refractivity contribution in [1.82, 2.24) is 40.8 Å². The first-order chi connectivity index (χ1) is 23.8. The molecular weight excluding hydrogens is 663 g/mol. The molecule has 4 aromatic rings. The Bertz CT molecular complexity index is 1860. The molecule has 6 rings (SSSR count). The molecule has 0 aliphatic carbocycles. The van der Waals surface area contributed by atoms with Gasteiger partial charge in [-0.15, -0.1) is 0 Å². The lowest BCUT2D eigenvalue weighted by molar-refractivity contribution is -0.125. The molecule has 4 heterocycles. The lowest BCUT2D eigenvalue weighted by Crippen LogP contribution is -2.41. The zero-order valence-electron chi connectivity index (χ0n) is 27.9. The number of likely N-dealkylation sites (tertiary alicyclic amines) is 1. The van der Waals surface area contributed by atoms with Crippen molar-refractivity contribution in [3.63, 3.8) is 0 Å². The Morgan fingerprint density at radius 3 is 2.10 bits per heavy atom. The first kappa shape index (κ1) is 34.6. The third kappa shape index (κ3) is 7.50. The van der Waals surface area contributed by atoms with Gasteiger partial charge in [0.05, 0.1) is 54.1 Å². The van der Waals surface area contributed by atoms with Crippen LogP contribution < -0.4 is 25.4 Å². The number of likely N-dealkylation sites (N-methyl/N-ethyl adjacent to an activating group) is 1. The SMILES string of the molecule is C=C1CC[C@@H](CNCc2ncc(-c3cccc(-c4cccc(-c5cnc(CN6CCC[C@@H]6C(=O)NC)c(OC)n5)c4Cl)c3Cl)nc2OC)N1. The van der Waals surface area contributed by atoms with E-state index in [0.717, 1.165) is 55.6 Å². The van der Waals surface area contributed by atoms with Gasteiger partial charge in [-0.2, -0.15) is 0 Å². The Balaban J connectivity index is 1.24. The minimum absolute atomic E-state index is 0.00276. The smallest absolute Gasteiger partial charge is 0.237 e. The molecule has 0 radical (unpaired) electrons. The fourth-order valence-corrected chi connectivity index (χ4v) is 7.11. The van der Waals surface area contributed by atoms with Crippen molar-refractivity contribution < 1.29 is 14.3 Å². The fourth-order valence-electron chi connectivity index (χ4n) is 6.46. The van der Waals surface area contributed by atoms with Crippen LogP contribution in [0.4, 0.5) is 0 Å². The van der Waals surface area contributed by atoms with Crippen LogP contribution in [-0.4, -0.2) is 77.2 Å². The molecule has 49 heavy (non-hydrogen) atoms. The Morgan fingerprint density at radius 1 is 0.939 bits per heavy atom. The molecule has 0 bridgehead atoms. The molecule has 0 spiro atoms. The highest BCUT2D eigenvalue weighted by Crippen LogP contribution is 2.42. The zero-order chi connectivity index (χ0) is 34.5. The number of amides is 1. The third-order valence-electron chi connectivity index (χ3n) is 9.00. The summed E-state index contributed by atoms with van der Waals surface area (Å²) in [4.78, 5) is 33.4. The van der Waals surface area contributed by atoms with E-state index in [2.05, 4.69) is 32.4 Å². The molecule has 2 aliphatic heterocycles. The molecule has 0 unspecified atom stereocenters. The maximum Gasteiger partial charge on any atom is 0.237 e. The Labute approximate surface area is 296 Å². The molecular formula is C36H40Cl2N8O3. The van der Waals surface area contributed by atoms with Crippen LogP contribution >= 0.6 is 23.2 Å². The number of benzene rings is 2. The summed E-state index contributed by atoms with van der Waals surface area (Å²) in [7, 11) is 4.81. The second kappa shape index (κ2) is 15.5. The Kier molecular flexibility index (Phi) is 10.9. The van der Waals surface area contributed by atoms with Crippen molar-refractivity contribution in [2.45, 2.75) is 50.9 Å². The first-order valence-corrected chi connectivity index (χ1v) is 17.1. The second-order valence-electron chi connectivity index (χ2n) is 12.1. The van der Waals surface area contributed by atoms with Gasteiger partial charge in [0.25, 0.3) is 0 Å². The maximum absolute atomic E-state index is 12.4. The minimum atomic E-state index is -0.199. The summed E-state index contributed by atoms with van der Waals surface area (Å²) in [5.41, 5.74) is 6.41. The van der Waals surface area contributed by atoms with Crippen LogP contribution in [-0.2, 0) is 17.9 Å². The lowest BCUT2D eigenvalue weighted by Gasteiger charge is -2.23. The Morgan fingerprint density at radius 2 is 1.53 bits per heavy atom. The number of aromatic nitrogens is 4. The van der Waals surface area contributed by atoms with Gasteiger partial charge >= 0.3 is 0 Å². The summed E-state index contributed by atoms with van der Waals surface area (Å²) in [6, 6.07) is 11.6. The number of rotatable bonds is 12. The predicted octanol–water partition coefficient (Wildman–Crippen LogP) is 5.66. The largest absolute Gasteiger partial charge is 0.480 e. The molecule has 2 fully saturated rings. The molecule has 2 atom stereocenters. The maximum atomic E-state index is 12.4. The van der Waals surface area contributed by atoms with Crippen LogP contribution in [0.15, 0.2) is 61.1 Å². The number of hydrogen-bond acceptors (Lipinski definition) is 10. The van der Waals surface area contributed by atoms with Crippen LogP contribution in [0, 0.1) is 0 Å². The first-order valence-electron chi connectivity index (χ1n) is 16.3. The highest BCUT2D eigenvalue weighted by Gasteiger charge is 2.31. The van der Waals surface area contributed by atoms with Gasteiger partial charge in [-0.25, -0.2) is 9.97 Å². The van der Waals surface area contributed by atoms with E-state index in [4.69, 9.17) is 47.6 Å². The highest BCUT2D eigenvalue weighted by molar-refractivity contribution is 6.39. The number of ether oxygens (including phenoxy) is 2. The highest BCUT2D eigenvalue weighted by atomic mass is 35.5. The van der Waals surface area contributed by atoms with Gasteiger partial charge in [-0.3, -0.25) is 19.7 Å². The fraction of sp³-hybridized carbons (Fsp3) is 0.361. The van der Waals surface area contributed by atoms with E-state index in [-0.39, 0.29) is 11.9 Å². The van der Waals surface area contributed by atoms with E-state index >= 15 is 0 Å². The van der Waals surface area contributed by atoms with Crippen LogP contribution in [0.2, 0.25) is 10.0 Å². The van der Waals surface area contributed by atoms with Crippen molar-refractivity contribution in [3.05, 3.63) is 82.5 Å². The summed E-state index contributed by atoms with van der Waals surface area (Å²) in [6.45, 7) is 6.56. The van der Waals surface area contributed by atoms with Crippen LogP contribution in [0.1, 0.15) is 37.1 Å². The van der Waals surface area contributed by atoms with Crippen molar-refractivity contribution in [1.29, 1.82) is 0 Å². The minimum Gasteiger partial charge on any atom is -0.480 e. The predicted molar refractivity (Wildman–Crippen MR) is 192 cm³/mol. The molecule has 2 aliphatic rings. The lowest BCUT2D eigenvalue weighted by atomic mass is 9.98. The molecule has 2 aromatic heterocycles. The summed E-state index contributed by atoms with van der Waals surface area (Å²) in [5.74, 6) is 0.817. The van der Waals surface area contributed by atoms with Crippen molar-refractivity contribution in [3.8, 4) is 45.4 Å². The van der Waals surface area contributed by atoms with Crippen LogP contribution in [0.3, 0.4) is 0 Å². The number of allylic oxidation sites excluding steroid dienone is 1. The van der Waals surface area contributed by atoms with Gasteiger partial charge in [0.15, 0.2) is 0 Å². The quantitative estimate of drug-likeness (QED) is 0.170. The summed E-state index contributed by atoms with van der Waals surface area (Å²) in [5, 5.41) is 10.5. The monoisotopic (exact) mass is 702 g/mol. The van der Waals surface area contributed by atoms with Gasteiger partial charge in [0.1, 0.15) is 11.4 Å². The summed E-state index contributed by atoms with van der Waals surface area (Å²) < 4.78 is 11.3. The molecule has 11 nitrogen and oxygen atoms in total. The topological polar surface area (TPSA) is 126 Å². The average molecular weight is 704 g/mol. The third-order valence-corrected chi connectivity index (χ3v) is 9.82. The summed E-state index contributed by atoms with van der Waals surface area (Å²) >= 11 is 14.1. The number of nitrogens with zero attached hydrogens (tertiary/aromatic N) is 5. The van der Waals surface area contributed by atoms with Gasteiger partial charge in [-0.05, 0) is 32.2 Å². The molecule has 3 N–H and O–H groups in total. The van der Waals surface area contributed by atoms with E-state index in [1.165, 1.54) is 0 Å². The molecule has 0 saturated carbocycles. The molecule has 256 valence electrons. The molecule has 2 aromatic carbocycles. The van der Waals surface area contributed by atoms with Gasteiger partial charge in [0, 0.05) is 60.7 Å². The number of hydrogen-bond donors (Lipinski definition) is 3. The number of carbonyl (C=O) groups excluding carboxylic acids is 1. The van der Waals surface area contributed by atoms with Gasteiger partial charge in [-0.1, -0.05) is 66.2 Å². The van der Waals surface area contributed by atoms with Gasteiger partial charge < -0.3 is 25.4 Å². The van der Waals surface area contributed by atoms with Crippen molar-refractivity contribution in [2.75, 3.05) is 34.4 Å². The van der Waals surface area contributed by atoms with E-state index in [1.54, 1.807) is 33.7 Å².